The summed E-state index contributed by atoms with van der Waals surface area (Å²) in [5.41, 5.74) is 0. The summed E-state index contributed by atoms with van der Waals surface area (Å²) in [5.74, 6) is 0. The first-order valence-electron chi connectivity index (χ1n) is 3.64. The summed E-state index contributed by atoms with van der Waals surface area (Å²) < 4.78 is 0. The Morgan fingerprint density at radius 2 is 1.00 bits per heavy atom. The van der Waals surface area contributed by atoms with Crippen LogP contribution in [-0.2, 0) is 19.5 Å². The molecule has 0 fully saturated rings. The first kappa shape index (κ1) is 22.7. The van der Waals surface area contributed by atoms with E-state index in [1.165, 1.54) is 0 Å². The number of nitrogens with zero attached hydrogens (tertiary/aromatic N) is 1. The topological polar surface area (TPSA) is 14.1 Å². The van der Waals surface area contributed by atoms with E-state index in [9.17, 15) is 0 Å². The Kier molecular flexibility index (Phi) is 84.0. The van der Waals surface area contributed by atoms with E-state index in [1.807, 2.05) is 12.1 Å². The van der Waals surface area contributed by atoms with Gasteiger partial charge < -0.3 is 25.8 Å². The molecule has 0 aliphatic heterocycles. The van der Waals surface area contributed by atoms with Crippen LogP contribution in [0, 0.1) is 20.8 Å². The molecule has 0 aliphatic carbocycles. The summed E-state index contributed by atoms with van der Waals surface area (Å²) in [4.78, 5) is 3.72. The molecule has 1 rings (SSSR count). The van der Waals surface area contributed by atoms with Crippen LogP contribution in [0.5, 0.6) is 0 Å². The van der Waals surface area contributed by atoms with Gasteiger partial charge in [0.2, 0.25) is 0 Å². The molecule has 0 unspecified atom stereocenters. The normalized spacial score (nSPS) is 4.83. The first-order chi connectivity index (χ1) is 5.50. The predicted molar refractivity (Wildman–Crippen MR) is 52.9 cm³/mol. The average Bonchev–Trinajstić information content (AvgIpc) is 2.71. The van der Waals surface area contributed by atoms with Crippen LogP contribution >= 0.6 is 0 Å². The van der Waals surface area contributed by atoms with Crippen LogP contribution in [0.2, 0.25) is 0 Å². The van der Waals surface area contributed by atoms with Gasteiger partial charge in [-0.2, -0.15) is 33.2 Å². The van der Waals surface area contributed by atoms with Crippen molar-refractivity contribution in [2.75, 3.05) is 0 Å². The summed E-state index contributed by atoms with van der Waals surface area (Å²) in [6.07, 6.45) is 3.50. The Morgan fingerprint density at radius 3 is 1.08 bits per heavy atom. The molecule has 1 aromatic heterocycles. The third-order valence-electron chi connectivity index (χ3n) is 0.455. The van der Waals surface area contributed by atoms with Gasteiger partial charge in [-0.3, -0.25) is 0 Å². The fourth-order valence-corrected chi connectivity index (χ4v) is 0.248. The summed E-state index contributed by atoms with van der Waals surface area (Å²) in [6.45, 7) is 15.0. The van der Waals surface area contributed by atoms with Gasteiger partial charge >= 0.3 is 19.5 Å². The zero-order valence-corrected chi connectivity index (χ0v) is 9.97. The predicted octanol–water partition coefficient (Wildman–Crippen LogP) is 3.16. The molecule has 0 spiro atoms. The fraction of sp³-hybridized carbons (Fsp3) is 0.300. The van der Waals surface area contributed by atoms with Crippen molar-refractivity contribution in [1.82, 2.24) is 4.98 Å². The van der Waals surface area contributed by atoms with E-state index in [0.717, 1.165) is 0 Å². The molecule has 12 heavy (non-hydrogen) atoms. The van der Waals surface area contributed by atoms with Gasteiger partial charge in [0.25, 0.3) is 0 Å². The molecule has 1 aromatic rings. The van der Waals surface area contributed by atoms with Gasteiger partial charge in [0, 0.05) is 0 Å². The summed E-state index contributed by atoms with van der Waals surface area (Å²) in [5, 5.41) is 0. The molecule has 1 heterocycles. The first-order valence-corrected chi connectivity index (χ1v) is 3.64. The number of hydrogen-bond donors (Lipinski definition) is 0. The Bertz CT molecular complexity index is 66.3. The maximum Gasteiger partial charge on any atom is 4.00 e. The van der Waals surface area contributed by atoms with E-state index in [4.69, 9.17) is 0 Å². The summed E-state index contributed by atoms with van der Waals surface area (Å²) in [7, 11) is 0. The molecule has 0 saturated heterocycles. The number of hydrogen-bond acceptors (Lipinski definition) is 0. The van der Waals surface area contributed by atoms with Gasteiger partial charge in [0.1, 0.15) is 0 Å². The second-order valence-electron chi connectivity index (χ2n) is 0.832. The van der Waals surface area contributed by atoms with Crippen molar-refractivity contribution in [3.05, 3.63) is 45.3 Å². The molecule has 0 aromatic carbocycles. The van der Waals surface area contributed by atoms with Crippen molar-refractivity contribution < 1.29 is 19.5 Å². The zero-order chi connectivity index (χ0) is 9.54. The minimum atomic E-state index is 0. The molecule has 72 valence electrons. The van der Waals surface area contributed by atoms with Gasteiger partial charge in [0.15, 0.2) is 0 Å². The maximum atomic E-state index is 3.72. The zero-order valence-electron chi connectivity index (χ0n) is 8.23. The summed E-state index contributed by atoms with van der Waals surface area (Å²) in [6, 6.07) is 3.78. The van der Waals surface area contributed by atoms with E-state index in [1.54, 1.807) is 33.2 Å². The molecule has 0 atom stereocenters. The van der Waals surface area contributed by atoms with Gasteiger partial charge in [-0.1, -0.05) is 12.1 Å². The Hall–Kier alpha value is -0.0966. The second-order valence-corrected chi connectivity index (χ2v) is 0.832. The minimum absolute atomic E-state index is 0. The number of rotatable bonds is 0. The molecule has 2 heteroatoms. The quantitative estimate of drug-likeness (QED) is 0.512. The monoisotopic (exact) mass is 255 g/mol. The molecule has 0 radical (unpaired) electrons. The van der Waals surface area contributed by atoms with Crippen molar-refractivity contribution in [1.29, 1.82) is 0 Å². The van der Waals surface area contributed by atoms with Crippen LogP contribution in [0.25, 0.3) is 0 Å². The SMILES string of the molecule is [CH2-]C.[CH2-]C.[CH2-]C.[Ru+4].c1cc[n-]c1. The van der Waals surface area contributed by atoms with E-state index in [2.05, 4.69) is 25.8 Å². The van der Waals surface area contributed by atoms with Crippen molar-refractivity contribution in [3.8, 4) is 0 Å². The third kappa shape index (κ3) is 32.7. The van der Waals surface area contributed by atoms with Crippen molar-refractivity contribution in [3.63, 3.8) is 0 Å². The van der Waals surface area contributed by atoms with E-state index in [-0.39, 0.29) is 19.5 Å². The van der Waals surface area contributed by atoms with E-state index >= 15 is 0 Å². The Labute approximate surface area is 90.7 Å². The van der Waals surface area contributed by atoms with Gasteiger partial charge in [-0.05, 0) is 0 Å². The molecule has 0 bridgehead atoms. The third-order valence-corrected chi connectivity index (χ3v) is 0.455. The van der Waals surface area contributed by atoms with Crippen LogP contribution in [-0.4, -0.2) is 0 Å². The molecule has 1 nitrogen and oxygen atoms in total. The fourth-order valence-electron chi connectivity index (χ4n) is 0.248. The molecular weight excluding hydrogens is 235 g/mol. The second kappa shape index (κ2) is 44.5. The van der Waals surface area contributed by atoms with Crippen LogP contribution < -0.4 is 4.98 Å². The van der Waals surface area contributed by atoms with Gasteiger partial charge in [-0.25, -0.2) is 0 Å². The van der Waals surface area contributed by atoms with E-state index in [0.29, 0.717) is 0 Å². The standard InChI is InChI=1S/C4H4N.3C2H5.Ru/c1-2-4-5-3-1;3*1-2;/h1-4H;3*1H2,2H3;/q4*-1;+4. The van der Waals surface area contributed by atoms with Crippen LogP contribution in [0.3, 0.4) is 0 Å². The molecule has 0 N–H and O–H groups in total. The average molecular weight is 254 g/mol. The van der Waals surface area contributed by atoms with E-state index < -0.39 is 0 Å². The largest absolute Gasteiger partial charge is 4.00 e. The van der Waals surface area contributed by atoms with Crippen molar-refractivity contribution in [2.24, 2.45) is 0 Å². The summed E-state index contributed by atoms with van der Waals surface area (Å²) >= 11 is 0. The van der Waals surface area contributed by atoms with Crippen LogP contribution in [0.1, 0.15) is 20.8 Å². The van der Waals surface area contributed by atoms with Gasteiger partial charge in [0.05, 0.1) is 0 Å². The Morgan fingerprint density at radius 1 is 0.750 bits per heavy atom. The molecule has 0 saturated carbocycles. The van der Waals surface area contributed by atoms with Crippen molar-refractivity contribution in [2.45, 2.75) is 20.8 Å². The molecule has 0 amide bonds. The number of aromatic nitrogens is 1. The smallest absolute Gasteiger partial charge is 0.670 e. The van der Waals surface area contributed by atoms with Gasteiger partial charge in [-0.15, -0.1) is 0 Å². The maximum absolute atomic E-state index is 3.72. The molecule has 0 aliphatic rings. The van der Waals surface area contributed by atoms with Crippen molar-refractivity contribution >= 4 is 0 Å². The van der Waals surface area contributed by atoms with Crippen LogP contribution in [0.15, 0.2) is 24.5 Å². The molecular formula is C10H19NRu. The minimum Gasteiger partial charge on any atom is -0.670 e. The Balaban J connectivity index is -0.0000000406. The van der Waals surface area contributed by atoms with Crippen LogP contribution in [0.4, 0.5) is 0 Å².